The van der Waals surface area contributed by atoms with E-state index in [-0.39, 0.29) is 0 Å². The van der Waals surface area contributed by atoms with Gasteiger partial charge in [-0.25, -0.2) is 0 Å². The van der Waals surface area contributed by atoms with Crippen LogP contribution in [0.4, 0.5) is 0 Å². The highest BCUT2D eigenvalue weighted by Crippen LogP contribution is 2.43. The van der Waals surface area contributed by atoms with Crippen LogP contribution in [-0.2, 0) is 0 Å². The Labute approximate surface area is 194 Å². The van der Waals surface area contributed by atoms with Gasteiger partial charge in [-0.2, -0.15) is 0 Å². The lowest BCUT2D eigenvalue weighted by Gasteiger charge is -2.14. The van der Waals surface area contributed by atoms with E-state index in [1.165, 1.54) is 74.4 Å². The number of hydrogen-bond acceptors (Lipinski definition) is 1. The van der Waals surface area contributed by atoms with E-state index in [0.29, 0.717) is 0 Å². The third kappa shape index (κ3) is 2.35. The van der Waals surface area contributed by atoms with Gasteiger partial charge in [0.2, 0.25) is 0 Å². The molecule has 0 radical (unpaired) electrons. The van der Waals surface area contributed by atoms with Crippen LogP contribution in [0.25, 0.3) is 74.4 Å². The van der Waals surface area contributed by atoms with Crippen LogP contribution in [0.2, 0.25) is 0 Å². The molecule has 0 N–H and O–H groups in total. The molecule has 0 fully saturated rings. The lowest BCUT2D eigenvalue weighted by atomic mass is 9.89. The first-order chi connectivity index (χ1) is 16.3. The van der Waals surface area contributed by atoms with Crippen molar-refractivity contribution < 1.29 is 0 Å². The van der Waals surface area contributed by atoms with Gasteiger partial charge in [0.25, 0.3) is 0 Å². The highest BCUT2D eigenvalue weighted by molar-refractivity contribution is 7.26. The molecule has 33 heavy (non-hydrogen) atoms. The predicted octanol–water partition coefficient (Wildman–Crippen LogP) is 9.77. The van der Waals surface area contributed by atoms with Gasteiger partial charge in [-0.1, -0.05) is 91.0 Å². The summed E-state index contributed by atoms with van der Waals surface area (Å²) in [6.45, 7) is 0. The molecule has 0 aliphatic heterocycles. The fourth-order valence-electron chi connectivity index (χ4n) is 5.70. The average Bonchev–Trinajstić information content (AvgIpc) is 3.25. The number of hydrogen-bond donors (Lipinski definition) is 0. The van der Waals surface area contributed by atoms with E-state index >= 15 is 0 Å². The van der Waals surface area contributed by atoms with Crippen LogP contribution < -0.4 is 0 Å². The number of thiophene rings is 1. The van der Waals surface area contributed by atoms with Crippen molar-refractivity contribution in [1.82, 2.24) is 0 Å². The van der Waals surface area contributed by atoms with Gasteiger partial charge in [0.15, 0.2) is 0 Å². The monoisotopic (exact) mass is 434 g/mol. The van der Waals surface area contributed by atoms with Crippen molar-refractivity contribution in [1.29, 1.82) is 0 Å². The van der Waals surface area contributed by atoms with Gasteiger partial charge < -0.3 is 0 Å². The molecule has 0 amide bonds. The Hall–Kier alpha value is -3.94. The van der Waals surface area contributed by atoms with Gasteiger partial charge >= 0.3 is 0 Å². The van der Waals surface area contributed by atoms with Crippen LogP contribution in [-0.4, -0.2) is 0 Å². The fourth-order valence-corrected chi connectivity index (χ4v) is 6.80. The van der Waals surface area contributed by atoms with E-state index in [0.717, 1.165) is 0 Å². The second-order valence-electron chi connectivity index (χ2n) is 8.94. The zero-order valence-electron chi connectivity index (χ0n) is 17.8. The minimum absolute atomic E-state index is 1.29. The van der Waals surface area contributed by atoms with Crippen molar-refractivity contribution in [2.75, 3.05) is 0 Å². The molecule has 1 heterocycles. The van der Waals surface area contributed by atoms with Crippen LogP contribution in [0.5, 0.6) is 0 Å². The van der Waals surface area contributed by atoms with Crippen LogP contribution in [0.3, 0.4) is 0 Å². The molecular formula is C32H18S. The molecule has 8 aromatic rings. The molecule has 0 saturated carbocycles. The van der Waals surface area contributed by atoms with E-state index in [1.54, 1.807) is 0 Å². The third-order valence-corrected chi connectivity index (χ3v) is 8.34. The SMILES string of the molecule is c1ccc2c(c1)ccc1sc3ccc(-c4ccc5ccc6cccc7ccc4c5c67)cc3c12. The summed E-state index contributed by atoms with van der Waals surface area (Å²) in [7, 11) is 0. The van der Waals surface area contributed by atoms with E-state index in [4.69, 9.17) is 0 Å². The van der Waals surface area contributed by atoms with Gasteiger partial charge in [-0.3, -0.25) is 0 Å². The van der Waals surface area contributed by atoms with E-state index < -0.39 is 0 Å². The van der Waals surface area contributed by atoms with Gasteiger partial charge in [0, 0.05) is 20.2 Å². The summed E-state index contributed by atoms with van der Waals surface area (Å²) in [5, 5.41) is 13.4. The van der Waals surface area contributed by atoms with Crippen LogP contribution in [0, 0.1) is 0 Å². The Balaban J connectivity index is 1.48. The second-order valence-corrected chi connectivity index (χ2v) is 10.0. The van der Waals surface area contributed by atoms with Crippen molar-refractivity contribution in [2.45, 2.75) is 0 Å². The zero-order valence-corrected chi connectivity index (χ0v) is 18.6. The molecule has 0 aliphatic rings. The largest absolute Gasteiger partial charge is 0.135 e. The maximum absolute atomic E-state index is 2.41. The Kier molecular flexibility index (Phi) is 3.37. The normalized spacial score (nSPS) is 12.2. The Morgan fingerprint density at radius 3 is 2.00 bits per heavy atom. The topological polar surface area (TPSA) is 0 Å². The minimum atomic E-state index is 1.29. The molecule has 0 atom stereocenters. The molecule has 7 aromatic carbocycles. The second kappa shape index (κ2) is 6.31. The van der Waals surface area contributed by atoms with Gasteiger partial charge in [0.1, 0.15) is 0 Å². The van der Waals surface area contributed by atoms with Crippen LogP contribution >= 0.6 is 11.3 Å². The van der Waals surface area contributed by atoms with Crippen molar-refractivity contribution in [3.63, 3.8) is 0 Å². The zero-order chi connectivity index (χ0) is 21.5. The number of fused-ring (bicyclic) bond motifs is 5. The van der Waals surface area contributed by atoms with E-state index in [1.807, 2.05) is 11.3 Å². The summed E-state index contributed by atoms with van der Waals surface area (Å²) >= 11 is 1.89. The average molecular weight is 435 g/mol. The van der Waals surface area contributed by atoms with E-state index in [2.05, 4.69) is 109 Å². The van der Waals surface area contributed by atoms with E-state index in [9.17, 15) is 0 Å². The summed E-state index contributed by atoms with van der Waals surface area (Å²) in [6.07, 6.45) is 0. The number of benzene rings is 7. The first-order valence-electron chi connectivity index (χ1n) is 11.4. The van der Waals surface area contributed by atoms with Crippen molar-refractivity contribution >= 4 is 74.6 Å². The fraction of sp³-hybridized carbons (Fsp3) is 0. The summed E-state index contributed by atoms with van der Waals surface area (Å²) in [4.78, 5) is 0. The minimum Gasteiger partial charge on any atom is -0.135 e. The Morgan fingerprint density at radius 1 is 0.394 bits per heavy atom. The molecule has 1 heteroatoms. The predicted molar refractivity (Wildman–Crippen MR) is 146 cm³/mol. The summed E-state index contributed by atoms with van der Waals surface area (Å²) in [6, 6.07) is 40.6. The summed E-state index contributed by atoms with van der Waals surface area (Å²) in [5.74, 6) is 0. The summed E-state index contributed by atoms with van der Waals surface area (Å²) < 4.78 is 2.71. The lowest BCUT2D eigenvalue weighted by molar-refractivity contribution is 1.72. The quantitative estimate of drug-likeness (QED) is 0.226. The van der Waals surface area contributed by atoms with Gasteiger partial charge in [-0.15, -0.1) is 11.3 Å². The molecule has 0 bridgehead atoms. The molecule has 0 aliphatic carbocycles. The molecule has 0 unspecified atom stereocenters. The molecule has 0 nitrogen and oxygen atoms in total. The maximum atomic E-state index is 2.41. The van der Waals surface area contributed by atoms with Gasteiger partial charge in [0.05, 0.1) is 0 Å². The van der Waals surface area contributed by atoms with Crippen LogP contribution in [0.1, 0.15) is 0 Å². The highest BCUT2D eigenvalue weighted by atomic mass is 32.1. The first kappa shape index (κ1) is 17.6. The molecule has 0 saturated heterocycles. The Morgan fingerprint density at radius 2 is 1.09 bits per heavy atom. The third-order valence-electron chi connectivity index (χ3n) is 7.20. The van der Waals surface area contributed by atoms with Crippen molar-refractivity contribution in [3.05, 3.63) is 109 Å². The smallest absolute Gasteiger partial charge is 0.0361 e. The summed E-state index contributed by atoms with van der Waals surface area (Å²) in [5.41, 5.74) is 2.59. The maximum Gasteiger partial charge on any atom is 0.0361 e. The molecule has 1 aromatic heterocycles. The van der Waals surface area contributed by atoms with Gasteiger partial charge in [-0.05, 0) is 72.4 Å². The first-order valence-corrected chi connectivity index (χ1v) is 12.2. The molecular weight excluding hydrogens is 416 g/mol. The molecule has 8 rings (SSSR count). The van der Waals surface area contributed by atoms with Crippen molar-refractivity contribution in [3.8, 4) is 11.1 Å². The molecule has 0 spiro atoms. The highest BCUT2D eigenvalue weighted by Gasteiger charge is 2.14. The standard InChI is InChI=1S/C32H18S/c1-2-7-25-19(4-1)12-17-29-32(25)27-18-23(13-16-28(27)33-29)24-14-10-22-9-8-20-5-3-6-21-11-15-26(24)31(22)30(20)21/h1-18H. The van der Waals surface area contributed by atoms with Crippen molar-refractivity contribution in [2.24, 2.45) is 0 Å². The number of rotatable bonds is 1. The molecule has 152 valence electrons. The van der Waals surface area contributed by atoms with Crippen LogP contribution in [0.15, 0.2) is 109 Å². The lowest BCUT2D eigenvalue weighted by Crippen LogP contribution is -1.87. The Bertz CT molecular complexity index is 2010.